The molecule has 0 unspecified atom stereocenters. The maximum Gasteiger partial charge on any atom is 0.294 e. The Balaban J connectivity index is 0.00000256. The summed E-state index contributed by atoms with van der Waals surface area (Å²) >= 11 is 0. The highest BCUT2D eigenvalue weighted by atomic mass is 35.5. The molecule has 0 aromatic heterocycles. The molecule has 0 aliphatic heterocycles. The van der Waals surface area contributed by atoms with E-state index in [2.05, 4.69) is 4.84 Å². The normalized spacial score (nSPS) is 23.8. The monoisotopic (exact) mass is 266 g/mol. The van der Waals surface area contributed by atoms with Crippen molar-refractivity contribution in [3.63, 3.8) is 0 Å². The predicted molar refractivity (Wildman–Crippen MR) is 68.5 cm³/mol. The Morgan fingerprint density at radius 1 is 1.18 bits per heavy atom. The summed E-state index contributed by atoms with van der Waals surface area (Å²) in [5, 5.41) is 9.19. The van der Waals surface area contributed by atoms with Crippen molar-refractivity contribution in [2.24, 2.45) is 17.6 Å². The van der Waals surface area contributed by atoms with Crippen LogP contribution in [0.2, 0.25) is 0 Å². The van der Waals surface area contributed by atoms with Gasteiger partial charge in [-0.05, 0) is 37.6 Å². The van der Waals surface area contributed by atoms with Gasteiger partial charge < -0.3 is 10.6 Å². The highest BCUT2D eigenvalue weighted by molar-refractivity contribution is 5.85. The number of unbranched alkanes of at least 4 members (excludes halogenated alkanes) is 1. The van der Waals surface area contributed by atoms with Crippen LogP contribution < -0.4 is 5.73 Å². The summed E-state index contributed by atoms with van der Waals surface area (Å²) in [4.78, 5) is 14.2. The molecule has 5 nitrogen and oxygen atoms in total. The molecule has 6 heteroatoms. The summed E-state index contributed by atoms with van der Waals surface area (Å²) in [7, 11) is 0. The van der Waals surface area contributed by atoms with Crippen LogP contribution in [-0.2, 0) is 4.84 Å². The van der Waals surface area contributed by atoms with E-state index in [-0.39, 0.29) is 19.0 Å². The van der Waals surface area contributed by atoms with Crippen LogP contribution in [0.25, 0.3) is 0 Å². The number of rotatable bonds is 7. The lowest BCUT2D eigenvalue weighted by Gasteiger charge is -2.27. The van der Waals surface area contributed by atoms with Crippen molar-refractivity contribution >= 4 is 12.4 Å². The van der Waals surface area contributed by atoms with Crippen LogP contribution in [0, 0.1) is 22.0 Å². The van der Waals surface area contributed by atoms with Gasteiger partial charge in [0.15, 0.2) is 0 Å². The first kappa shape index (κ1) is 16.4. The van der Waals surface area contributed by atoms with Crippen molar-refractivity contribution in [3.05, 3.63) is 10.1 Å². The summed E-state index contributed by atoms with van der Waals surface area (Å²) in [6.07, 6.45) is 8.07. The van der Waals surface area contributed by atoms with E-state index in [1.165, 1.54) is 32.1 Å². The minimum absolute atomic E-state index is 0. The molecule has 0 atom stereocenters. The van der Waals surface area contributed by atoms with Gasteiger partial charge in [-0.2, -0.15) is 0 Å². The van der Waals surface area contributed by atoms with Crippen molar-refractivity contribution < 1.29 is 9.92 Å². The largest absolute Gasteiger partial charge is 0.330 e. The SMILES string of the molecule is Cl.NCC1CCC(CCCCO[N+](=O)[O-])CC1. The lowest BCUT2D eigenvalue weighted by molar-refractivity contribution is -0.757. The predicted octanol–water partition coefficient (Wildman–Crippen LogP) is 2.55. The van der Waals surface area contributed by atoms with Crippen LogP contribution in [-0.4, -0.2) is 18.2 Å². The van der Waals surface area contributed by atoms with Crippen molar-refractivity contribution in [1.82, 2.24) is 0 Å². The van der Waals surface area contributed by atoms with Gasteiger partial charge in [-0.3, -0.25) is 0 Å². The first-order chi connectivity index (χ1) is 7.72. The molecule has 102 valence electrons. The van der Waals surface area contributed by atoms with E-state index >= 15 is 0 Å². The summed E-state index contributed by atoms with van der Waals surface area (Å²) in [6.45, 7) is 1.06. The minimum Gasteiger partial charge on any atom is -0.330 e. The molecule has 1 saturated carbocycles. The molecule has 1 fully saturated rings. The van der Waals surface area contributed by atoms with Crippen molar-refractivity contribution in [3.8, 4) is 0 Å². The molecule has 1 aliphatic carbocycles. The molecule has 0 spiro atoms. The molecule has 0 aromatic carbocycles. The van der Waals surface area contributed by atoms with Gasteiger partial charge in [-0.1, -0.05) is 25.7 Å². The zero-order valence-corrected chi connectivity index (χ0v) is 11.0. The number of nitrogens with two attached hydrogens (primary N) is 1. The molecular formula is C11H23ClN2O3. The third-order valence-corrected chi connectivity index (χ3v) is 3.50. The summed E-state index contributed by atoms with van der Waals surface area (Å²) in [5.41, 5.74) is 5.64. The Morgan fingerprint density at radius 3 is 2.29 bits per heavy atom. The molecule has 1 rings (SSSR count). The first-order valence-electron chi connectivity index (χ1n) is 6.19. The van der Waals surface area contributed by atoms with Gasteiger partial charge in [0.2, 0.25) is 0 Å². The van der Waals surface area contributed by atoms with Crippen molar-refractivity contribution in [2.75, 3.05) is 13.2 Å². The lowest BCUT2D eigenvalue weighted by atomic mass is 9.80. The van der Waals surface area contributed by atoms with Crippen molar-refractivity contribution in [1.29, 1.82) is 0 Å². The van der Waals surface area contributed by atoms with Crippen LogP contribution in [0.3, 0.4) is 0 Å². The van der Waals surface area contributed by atoms with Gasteiger partial charge in [0.25, 0.3) is 5.09 Å². The zero-order valence-electron chi connectivity index (χ0n) is 10.2. The second kappa shape index (κ2) is 9.48. The third kappa shape index (κ3) is 7.39. The van der Waals surface area contributed by atoms with Gasteiger partial charge in [-0.25, -0.2) is 0 Å². The Kier molecular flexibility index (Phi) is 9.17. The van der Waals surface area contributed by atoms with Gasteiger partial charge in [0, 0.05) is 0 Å². The summed E-state index contributed by atoms with van der Waals surface area (Å²) < 4.78 is 0. The fourth-order valence-electron chi connectivity index (χ4n) is 2.43. The Morgan fingerprint density at radius 2 is 1.76 bits per heavy atom. The third-order valence-electron chi connectivity index (χ3n) is 3.50. The molecular weight excluding hydrogens is 244 g/mol. The number of halogens is 1. The van der Waals surface area contributed by atoms with E-state index in [9.17, 15) is 10.1 Å². The maximum atomic E-state index is 9.90. The highest BCUT2D eigenvalue weighted by Crippen LogP contribution is 2.31. The molecule has 0 saturated heterocycles. The summed E-state index contributed by atoms with van der Waals surface area (Å²) in [5.74, 6) is 1.53. The van der Waals surface area contributed by atoms with Crippen LogP contribution in [0.1, 0.15) is 44.9 Å². The van der Waals surface area contributed by atoms with Crippen LogP contribution in [0.5, 0.6) is 0 Å². The van der Waals surface area contributed by atoms with Gasteiger partial charge in [0.1, 0.15) is 0 Å². The Hall–Kier alpha value is -0.550. The second-order valence-electron chi connectivity index (χ2n) is 4.68. The van der Waals surface area contributed by atoms with Gasteiger partial charge >= 0.3 is 0 Å². The average Bonchev–Trinajstić information content (AvgIpc) is 2.29. The summed E-state index contributed by atoms with van der Waals surface area (Å²) in [6, 6.07) is 0. The standard InChI is InChI=1S/C11H22N2O3.ClH/c12-9-11-6-4-10(5-7-11)3-1-2-8-16-13(14)15;/h10-11H,1-9,12H2;1H. The van der Waals surface area contributed by atoms with E-state index in [0.29, 0.717) is 0 Å². The van der Waals surface area contributed by atoms with Crippen LogP contribution >= 0.6 is 12.4 Å². The number of hydrogen-bond donors (Lipinski definition) is 1. The lowest BCUT2D eigenvalue weighted by Crippen LogP contribution is -2.21. The van der Waals surface area contributed by atoms with Gasteiger partial charge in [-0.15, -0.1) is 22.5 Å². The van der Waals surface area contributed by atoms with E-state index < -0.39 is 5.09 Å². The topological polar surface area (TPSA) is 78.4 Å². The smallest absolute Gasteiger partial charge is 0.294 e. The molecule has 2 N–H and O–H groups in total. The van der Waals surface area contributed by atoms with E-state index in [1.54, 1.807) is 0 Å². The number of nitrogens with zero attached hydrogens (tertiary/aromatic N) is 1. The molecule has 0 amide bonds. The Bertz CT molecular complexity index is 209. The fourth-order valence-corrected chi connectivity index (χ4v) is 2.43. The molecule has 1 aliphatic rings. The highest BCUT2D eigenvalue weighted by Gasteiger charge is 2.19. The molecule has 0 bridgehead atoms. The zero-order chi connectivity index (χ0) is 11.8. The Labute approximate surface area is 109 Å². The molecule has 0 aromatic rings. The van der Waals surface area contributed by atoms with Gasteiger partial charge in [0.05, 0.1) is 6.61 Å². The van der Waals surface area contributed by atoms with Crippen LogP contribution in [0.15, 0.2) is 0 Å². The van der Waals surface area contributed by atoms with E-state index in [4.69, 9.17) is 5.73 Å². The van der Waals surface area contributed by atoms with Crippen LogP contribution in [0.4, 0.5) is 0 Å². The maximum absolute atomic E-state index is 9.90. The fraction of sp³-hybridized carbons (Fsp3) is 1.00. The number of hydrogen-bond acceptors (Lipinski definition) is 4. The first-order valence-corrected chi connectivity index (χ1v) is 6.19. The van der Waals surface area contributed by atoms with E-state index in [0.717, 1.165) is 31.2 Å². The molecule has 17 heavy (non-hydrogen) atoms. The molecule has 0 radical (unpaired) electrons. The minimum atomic E-state index is -0.716. The quantitative estimate of drug-likeness (QED) is 0.436. The second-order valence-corrected chi connectivity index (χ2v) is 4.68. The van der Waals surface area contributed by atoms with E-state index in [1.807, 2.05) is 0 Å². The van der Waals surface area contributed by atoms with Crippen molar-refractivity contribution in [2.45, 2.75) is 44.9 Å². The molecule has 0 heterocycles. The average molecular weight is 267 g/mol.